The molecule has 2 aromatic carbocycles. The van der Waals surface area contributed by atoms with Crippen LogP contribution in [0.2, 0.25) is 0 Å². The first-order chi connectivity index (χ1) is 16.2. The molecule has 0 aromatic heterocycles. The van der Waals surface area contributed by atoms with Crippen LogP contribution in [-0.4, -0.2) is 86.8 Å². The number of carbonyl (C=O) groups excluding carboxylic acids is 2. The summed E-state index contributed by atoms with van der Waals surface area (Å²) in [4.78, 5) is 31.5. The summed E-state index contributed by atoms with van der Waals surface area (Å²) in [6.45, 7) is 6.32. The Balaban J connectivity index is 1.17. The van der Waals surface area contributed by atoms with Crippen LogP contribution in [0.15, 0.2) is 48.5 Å². The van der Waals surface area contributed by atoms with E-state index in [0.29, 0.717) is 38.3 Å². The second kappa shape index (κ2) is 9.93. The molecule has 0 radical (unpaired) electrons. The summed E-state index contributed by atoms with van der Waals surface area (Å²) in [5, 5.41) is 0. The first kappa shape index (κ1) is 21.9. The molecule has 0 aliphatic carbocycles. The molecule has 0 unspecified atom stereocenters. The van der Waals surface area contributed by atoms with Crippen LogP contribution >= 0.6 is 0 Å². The SMILES string of the molecule is O=C(c1ccc(-c2ccc(N3CCOCC3)cc2)cc1)N1CCN(C(=O)[C@@H]2CCCO2)CC1. The van der Waals surface area contributed by atoms with Crippen molar-refractivity contribution in [3.05, 3.63) is 54.1 Å². The number of hydrogen-bond donors (Lipinski definition) is 0. The minimum Gasteiger partial charge on any atom is -0.378 e. The van der Waals surface area contributed by atoms with E-state index in [2.05, 4.69) is 29.2 Å². The monoisotopic (exact) mass is 449 g/mol. The van der Waals surface area contributed by atoms with E-state index < -0.39 is 0 Å². The number of hydrogen-bond acceptors (Lipinski definition) is 5. The van der Waals surface area contributed by atoms with Crippen LogP contribution in [0.25, 0.3) is 11.1 Å². The van der Waals surface area contributed by atoms with Gasteiger partial charge in [-0.05, 0) is 48.2 Å². The lowest BCUT2D eigenvalue weighted by atomic mass is 10.0. The van der Waals surface area contributed by atoms with E-state index in [1.54, 1.807) is 0 Å². The zero-order valence-electron chi connectivity index (χ0n) is 18.9. The number of ether oxygens (including phenoxy) is 2. The summed E-state index contributed by atoms with van der Waals surface area (Å²) in [5.41, 5.74) is 4.12. The predicted molar refractivity (Wildman–Crippen MR) is 126 cm³/mol. The number of carbonyl (C=O) groups is 2. The van der Waals surface area contributed by atoms with Crippen molar-refractivity contribution in [3.63, 3.8) is 0 Å². The molecule has 2 aromatic rings. The van der Waals surface area contributed by atoms with E-state index in [0.717, 1.165) is 50.3 Å². The summed E-state index contributed by atoms with van der Waals surface area (Å²) in [6, 6.07) is 16.4. The van der Waals surface area contributed by atoms with Crippen molar-refractivity contribution in [2.24, 2.45) is 0 Å². The van der Waals surface area contributed by atoms with Gasteiger partial charge in [0.05, 0.1) is 13.2 Å². The third-order valence-corrected chi connectivity index (χ3v) is 6.79. The maximum absolute atomic E-state index is 13.0. The van der Waals surface area contributed by atoms with Gasteiger partial charge >= 0.3 is 0 Å². The van der Waals surface area contributed by atoms with Crippen LogP contribution in [0, 0.1) is 0 Å². The standard InChI is InChI=1S/C26H31N3O4/c30-25(28-11-13-29(14-12-28)26(31)24-2-1-17-33-24)22-5-3-20(4-6-22)21-7-9-23(10-8-21)27-15-18-32-19-16-27/h3-10,24H,1-2,11-19H2/t24-/m0/s1. The number of anilines is 1. The van der Waals surface area contributed by atoms with Crippen molar-refractivity contribution >= 4 is 17.5 Å². The Bertz CT molecular complexity index is 956. The average molecular weight is 450 g/mol. The Labute approximate surface area is 194 Å². The topological polar surface area (TPSA) is 62.3 Å². The molecule has 3 heterocycles. The zero-order chi connectivity index (χ0) is 22.6. The fraction of sp³-hybridized carbons (Fsp3) is 0.462. The maximum Gasteiger partial charge on any atom is 0.253 e. The van der Waals surface area contributed by atoms with Gasteiger partial charge in [0.15, 0.2) is 0 Å². The fourth-order valence-electron chi connectivity index (χ4n) is 4.78. The van der Waals surface area contributed by atoms with Crippen molar-refractivity contribution in [2.45, 2.75) is 18.9 Å². The Morgan fingerprint density at radius 3 is 1.94 bits per heavy atom. The first-order valence-corrected chi connectivity index (χ1v) is 11.9. The Morgan fingerprint density at radius 2 is 1.33 bits per heavy atom. The fourth-order valence-corrected chi connectivity index (χ4v) is 4.78. The number of morpholine rings is 1. The predicted octanol–water partition coefficient (Wildman–Crippen LogP) is 2.65. The van der Waals surface area contributed by atoms with E-state index in [1.165, 1.54) is 5.69 Å². The Hall–Kier alpha value is -2.90. The molecular formula is C26H31N3O4. The number of rotatable bonds is 4. The Kier molecular flexibility index (Phi) is 6.60. The molecule has 174 valence electrons. The lowest BCUT2D eigenvalue weighted by molar-refractivity contribution is -0.142. The van der Waals surface area contributed by atoms with Crippen LogP contribution in [0.3, 0.4) is 0 Å². The summed E-state index contributed by atoms with van der Waals surface area (Å²) >= 11 is 0. The highest BCUT2D eigenvalue weighted by molar-refractivity contribution is 5.95. The van der Waals surface area contributed by atoms with Gasteiger partial charge in [0.1, 0.15) is 6.10 Å². The van der Waals surface area contributed by atoms with Gasteiger partial charge in [0, 0.05) is 57.1 Å². The third-order valence-electron chi connectivity index (χ3n) is 6.79. The van der Waals surface area contributed by atoms with Crippen LogP contribution in [-0.2, 0) is 14.3 Å². The minimum atomic E-state index is -0.289. The van der Waals surface area contributed by atoms with Crippen molar-refractivity contribution < 1.29 is 19.1 Å². The van der Waals surface area contributed by atoms with E-state index in [4.69, 9.17) is 9.47 Å². The summed E-state index contributed by atoms with van der Waals surface area (Å²) in [6.07, 6.45) is 1.46. The van der Waals surface area contributed by atoms with Gasteiger partial charge in [-0.1, -0.05) is 24.3 Å². The van der Waals surface area contributed by atoms with Crippen LogP contribution in [0.1, 0.15) is 23.2 Å². The number of piperazine rings is 1. The van der Waals surface area contributed by atoms with Gasteiger partial charge in [-0.3, -0.25) is 9.59 Å². The van der Waals surface area contributed by atoms with Crippen LogP contribution in [0.5, 0.6) is 0 Å². The average Bonchev–Trinajstić information content (AvgIpc) is 3.44. The van der Waals surface area contributed by atoms with Crippen LogP contribution in [0.4, 0.5) is 5.69 Å². The van der Waals surface area contributed by atoms with Gasteiger partial charge in [-0.25, -0.2) is 0 Å². The normalized spacial score (nSPS) is 21.3. The molecule has 5 rings (SSSR count). The van der Waals surface area contributed by atoms with E-state index in [-0.39, 0.29) is 17.9 Å². The smallest absolute Gasteiger partial charge is 0.253 e. The molecule has 1 atom stereocenters. The van der Waals surface area contributed by atoms with E-state index in [1.807, 2.05) is 34.1 Å². The van der Waals surface area contributed by atoms with Crippen molar-refractivity contribution in [1.82, 2.24) is 9.80 Å². The quantitative estimate of drug-likeness (QED) is 0.718. The molecule has 3 aliphatic heterocycles. The second-order valence-corrected chi connectivity index (χ2v) is 8.84. The molecule has 7 heteroatoms. The van der Waals surface area contributed by atoms with Gasteiger partial charge in [-0.2, -0.15) is 0 Å². The molecule has 0 saturated carbocycles. The molecule has 2 amide bonds. The van der Waals surface area contributed by atoms with E-state index in [9.17, 15) is 9.59 Å². The number of amides is 2. The highest BCUT2D eigenvalue weighted by Gasteiger charge is 2.31. The molecule has 3 saturated heterocycles. The van der Waals surface area contributed by atoms with Crippen LogP contribution < -0.4 is 4.90 Å². The minimum absolute atomic E-state index is 0.0217. The molecule has 0 spiro atoms. The molecule has 0 bridgehead atoms. The highest BCUT2D eigenvalue weighted by Crippen LogP contribution is 2.25. The van der Waals surface area contributed by atoms with Gasteiger partial charge < -0.3 is 24.2 Å². The molecule has 33 heavy (non-hydrogen) atoms. The Morgan fingerprint density at radius 1 is 0.727 bits per heavy atom. The maximum atomic E-state index is 13.0. The number of benzene rings is 2. The van der Waals surface area contributed by atoms with Gasteiger partial charge in [0.2, 0.25) is 0 Å². The lowest BCUT2D eigenvalue weighted by Gasteiger charge is -2.35. The van der Waals surface area contributed by atoms with E-state index >= 15 is 0 Å². The second-order valence-electron chi connectivity index (χ2n) is 8.84. The molecule has 3 fully saturated rings. The van der Waals surface area contributed by atoms with Gasteiger partial charge in [0.25, 0.3) is 11.8 Å². The molecule has 3 aliphatic rings. The zero-order valence-corrected chi connectivity index (χ0v) is 18.9. The lowest BCUT2D eigenvalue weighted by Crippen LogP contribution is -2.52. The summed E-state index contributed by atoms with van der Waals surface area (Å²) in [7, 11) is 0. The van der Waals surface area contributed by atoms with Crippen molar-refractivity contribution in [3.8, 4) is 11.1 Å². The number of nitrogens with zero attached hydrogens (tertiary/aromatic N) is 3. The van der Waals surface area contributed by atoms with Gasteiger partial charge in [-0.15, -0.1) is 0 Å². The molecule has 7 nitrogen and oxygen atoms in total. The largest absolute Gasteiger partial charge is 0.378 e. The molecule has 0 N–H and O–H groups in total. The highest BCUT2D eigenvalue weighted by atomic mass is 16.5. The summed E-state index contributed by atoms with van der Waals surface area (Å²) in [5.74, 6) is 0.0945. The van der Waals surface area contributed by atoms with Crippen molar-refractivity contribution in [1.29, 1.82) is 0 Å². The first-order valence-electron chi connectivity index (χ1n) is 11.9. The van der Waals surface area contributed by atoms with Crippen molar-refractivity contribution in [2.75, 3.05) is 64.0 Å². The molecular weight excluding hydrogens is 418 g/mol. The third kappa shape index (κ3) is 4.89. The summed E-state index contributed by atoms with van der Waals surface area (Å²) < 4.78 is 10.9.